The minimum atomic E-state index is -4.45. The number of rotatable bonds is 3. The molecule has 2 rings (SSSR count). The molecular formula is C14H20F3N3OS. The zero-order valence-electron chi connectivity index (χ0n) is 12.6. The lowest BCUT2D eigenvalue weighted by molar-refractivity contribution is -0.140. The molecule has 2 atom stereocenters. The topological polar surface area (TPSA) is 59.2 Å². The van der Waals surface area contributed by atoms with Gasteiger partial charge >= 0.3 is 6.18 Å². The van der Waals surface area contributed by atoms with E-state index in [4.69, 9.17) is 5.73 Å². The van der Waals surface area contributed by atoms with Gasteiger partial charge in [0.05, 0.1) is 12.5 Å². The summed E-state index contributed by atoms with van der Waals surface area (Å²) in [5.74, 6) is -0.401. The molecule has 0 saturated heterocycles. The maximum absolute atomic E-state index is 12.5. The molecule has 2 N–H and O–H groups in total. The normalized spacial score (nSPS) is 26.0. The highest BCUT2D eigenvalue weighted by molar-refractivity contribution is 7.09. The molecule has 2 unspecified atom stereocenters. The van der Waals surface area contributed by atoms with Gasteiger partial charge in [0.25, 0.3) is 0 Å². The first-order chi connectivity index (χ1) is 10.1. The number of hydrogen-bond donors (Lipinski definition) is 1. The summed E-state index contributed by atoms with van der Waals surface area (Å²) in [5.41, 5.74) is 4.75. The average Bonchev–Trinajstić information content (AvgIpc) is 2.86. The molecule has 1 aromatic rings. The van der Waals surface area contributed by atoms with Crippen molar-refractivity contribution < 1.29 is 18.0 Å². The van der Waals surface area contributed by atoms with E-state index in [1.807, 2.05) is 6.92 Å². The van der Waals surface area contributed by atoms with Crippen LogP contribution in [0.2, 0.25) is 0 Å². The van der Waals surface area contributed by atoms with E-state index < -0.39 is 17.4 Å². The molecule has 124 valence electrons. The molecular weight excluding hydrogens is 315 g/mol. The summed E-state index contributed by atoms with van der Waals surface area (Å²) in [4.78, 5) is 17.5. The molecule has 0 aliphatic heterocycles. The highest BCUT2D eigenvalue weighted by Gasteiger charge is 2.39. The molecule has 0 aromatic carbocycles. The lowest BCUT2D eigenvalue weighted by Gasteiger charge is -2.39. The quantitative estimate of drug-likeness (QED) is 0.924. The average molecular weight is 335 g/mol. The third kappa shape index (κ3) is 3.78. The Hall–Kier alpha value is -1.15. The molecule has 4 nitrogen and oxygen atoms in total. The summed E-state index contributed by atoms with van der Waals surface area (Å²) in [6, 6.07) is 0. The molecule has 22 heavy (non-hydrogen) atoms. The van der Waals surface area contributed by atoms with Crippen LogP contribution in [-0.2, 0) is 17.5 Å². The highest BCUT2D eigenvalue weighted by atomic mass is 32.1. The molecule has 1 aliphatic carbocycles. The minimum absolute atomic E-state index is 0.0756. The van der Waals surface area contributed by atoms with E-state index in [-0.39, 0.29) is 23.4 Å². The smallest absolute Gasteiger partial charge is 0.339 e. The lowest BCUT2D eigenvalue weighted by Crippen LogP contribution is -2.53. The van der Waals surface area contributed by atoms with Gasteiger partial charge in [0.2, 0.25) is 5.91 Å². The van der Waals surface area contributed by atoms with Crippen molar-refractivity contribution in [1.82, 2.24) is 9.88 Å². The Labute approximate surface area is 131 Å². The Kier molecular flexibility index (Phi) is 4.81. The summed E-state index contributed by atoms with van der Waals surface area (Å²) < 4.78 is 37.6. The summed E-state index contributed by atoms with van der Waals surface area (Å²) >= 11 is 0.912. The van der Waals surface area contributed by atoms with Crippen molar-refractivity contribution in [3.05, 3.63) is 16.1 Å². The Balaban J connectivity index is 2.04. The third-order valence-corrected chi connectivity index (χ3v) is 4.98. The Morgan fingerprint density at radius 1 is 1.55 bits per heavy atom. The number of nitrogens with zero attached hydrogens (tertiary/aromatic N) is 2. The SMILES string of the molecule is CN(Cc1nc(C(F)(F)F)cs1)C(=O)C1CCCCC1(C)N. The first-order valence-corrected chi connectivity index (χ1v) is 8.04. The predicted octanol–water partition coefficient (Wildman–Crippen LogP) is 3.03. The number of halogens is 3. The third-order valence-electron chi connectivity index (χ3n) is 4.14. The van der Waals surface area contributed by atoms with Crippen LogP contribution >= 0.6 is 11.3 Å². The first kappa shape index (κ1) is 17.2. The van der Waals surface area contributed by atoms with E-state index in [0.29, 0.717) is 0 Å². The van der Waals surface area contributed by atoms with Crippen molar-refractivity contribution in [2.24, 2.45) is 11.7 Å². The van der Waals surface area contributed by atoms with Gasteiger partial charge in [0.15, 0.2) is 5.69 Å². The molecule has 1 aliphatic rings. The van der Waals surface area contributed by atoms with Crippen molar-refractivity contribution in [1.29, 1.82) is 0 Å². The van der Waals surface area contributed by atoms with Gasteiger partial charge in [-0.05, 0) is 19.8 Å². The number of aromatic nitrogens is 1. The largest absolute Gasteiger partial charge is 0.434 e. The second kappa shape index (κ2) is 6.16. The van der Waals surface area contributed by atoms with Gasteiger partial charge in [-0.1, -0.05) is 12.8 Å². The van der Waals surface area contributed by atoms with Gasteiger partial charge in [-0.3, -0.25) is 4.79 Å². The number of carbonyl (C=O) groups is 1. The number of nitrogens with two attached hydrogens (primary N) is 1. The zero-order chi connectivity index (χ0) is 16.5. The Bertz CT molecular complexity index is 542. The van der Waals surface area contributed by atoms with E-state index in [0.717, 1.165) is 42.4 Å². The van der Waals surface area contributed by atoms with Crippen LogP contribution in [0.1, 0.15) is 43.3 Å². The standard InChI is InChI=1S/C14H20F3N3OS/c1-13(18)6-4-3-5-9(13)12(21)20(2)7-11-19-10(8-22-11)14(15,16)17/h8-9H,3-7,18H2,1-2H3. The van der Waals surface area contributed by atoms with Gasteiger partial charge < -0.3 is 10.6 Å². The van der Waals surface area contributed by atoms with Crippen LogP contribution < -0.4 is 5.73 Å². The zero-order valence-corrected chi connectivity index (χ0v) is 13.4. The van der Waals surface area contributed by atoms with E-state index in [2.05, 4.69) is 4.98 Å². The first-order valence-electron chi connectivity index (χ1n) is 7.17. The second-order valence-electron chi connectivity index (χ2n) is 6.12. The van der Waals surface area contributed by atoms with Crippen LogP contribution in [0, 0.1) is 5.92 Å². The van der Waals surface area contributed by atoms with E-state index in [1.54, 1.807) is 7.05 Å². The molecule has 1 amide bonds. The highest BCUT2D eigenvalue weighted by Crippen LogP contribution is 2.34. The maximum atomic E-state index is 12.5. The Morgan fingerprint density at radius 2 is 2.23 bits per heavy atom. The van der Waals surface area contributed by atoms with E-state index in [1.165, 1.54) is 4.90 Å². The van der Waals surface area contributed by atoms with Crippen molar-refractivity contribution in [2.45, 2.75) is 50.9 Å². The fraction of sp³-hybridized carbons (Fsp3) is 0.714. The maximum Gasteiger partial charge on any atom is 0.434 e. The van der Waals surface area contributed by atoms with E-state index >= 15 is 0 Å². The van der Waals surface area contributed by atoms with Crippen LogP contribution in [0.25, 0.3) is 0 Å². The van der Waals surface area contributed by atoms with Crippen LogP contribution in [-0.4, -0.2) is 28.4 Å². The predicted molar refractivity (Wildman–Crippen MR) is 78.1 cm³/mol. The molecule has 0 spiro atoms. The van der Waals surface area contributed by atoms with Crippen molar-refractivity contribution >= 4 is 17.2 Å². The van der Waals surface area contributed by atoms with Crippen LogP contribution in [0.3, 0.4) is 0 Å². The number of carbonyl (C=O) groups excluding carboxylic acids is 1. The number of thiazole rings is 1. The van der Waals surface area contributed by atoms with Crippen LogP contribution in [0.4, 0.5) is 13.2 Å². The van der Waals surface area contributed by atoms with Gasteiger partial charge in [-0.15, -0.1) is 11.3 Å². The minimum Gasteiger partial charge on any atom is -0.339 e. The fourth-order valence-corrected chi connectivity index (χ4v) is 3.68. The fourth-order valence-electron chi connectivity index (χ4n) is 2.82. The van der Waals surface area contributed by atoms with E-state index in [9.17, 15) is 18.0 Å². The van der Waals surface area contributed by atoms with Gasteiger partial charge in [-0.2, -0.15) is 13.2 Å². The summed E-state index contributed by atoms with van der Waals surface area (Å²) in [6.07, 6.45) is -0.987. The number of amides is 1. The molecule has 1 heterocycles. The lowest BCUT2D eigenvalue weighted by atomic mass is 9.74. The van der Waals surface area contributed by atoms with Crippen molar-refractivity contribution in [3.8, 4) is 0 Å². The van der Waals surface area contributed by atoms with Crippen LogP contribution in [0.15, 0.2) is 5.38 Å². The molecule has 1 fully saturated rings. The molecule has 0 radical (unpaired) electrons. The molecule has 0 bridgehead atoms. The molecule has 1 saturated carbocycles. The van der Waals surface area contributed by atoms with Gasteiger partial charge in [0.1, 0.15) is 5.01 Å². The monoisotopic (exact) mass is 335 g/mol. The summed E-state index contributed by atoms with van der Waals surface area (Å²) in [6.45, 7) is 1.94. The van der Waals surface area contributed by atoms with Gasteiger partial charge in [-0.25, -0.2) is 4.98 Å². The van der Waals surface area contributed by atoms with Crippen molar-refractivity contribution in [3.63, 3.8) is 0 Å². The Morgan fingerprint density at radius 3 is 2.77 bits per heavy atom. The second-order valence-corrected chi connectivity index (χ2v) is 7.07. The molecule has 8 heteroatoms. The summed E-state index contributed by atoms with van der Waals surface area (Å²) in [5, 5.41) is 1.25. The number of hydrogen-bond acceptors (Lipinski definition) is 4. The summed E-state index contributed by atoms with van der Waals surface area (Å²) in [7, 11) is 1.59. The number of alkyl halides is 3. The van der Waals surface area contributed by atoms with Crippen molar-refractivity contribution in [2.75, 3.05) is 7.05 Å². The van der Waals surface area contributed by atoms with Crippen LogP contribution in [0.5, 0.6) is 0 Å². The molecule has 1 aromatic heterocycles. The van der Waals surface area contributed by atoms with Gasteiger partial charge in [0, 0.05) is 18.0 Å².